The van der Waals surface area contributed by atoms with Crippen molar-refractivity contribution in [2.75, 3.05) is 13.1 Å². The zero-order valence-electron chi connectivity index (χ0n) is 18.8. The van der Waals surface area contributed by atoms with Gasteiger partial charge in [0.15, 0.2) is 5.78 Å². The molecule has 0 bridgehead atoms. The lowest BCUT2D eigenvalue weighted by molar-refractivity contribution is -0.129. The molecule has 0 spiro atoms. The Kier molecular flexibility index (Phi) is 6.85. The molecular weight excluding hydrogens is 400 g/mol. The van der Waals surface area contributed by atoms with Crippen LogP contribution in [0.25, 0.3) is 0 Å². The predicted octanol–water partition coefficient (Wildman–Crippen LogP) is 4.19. The lowest BCUT2D eigenvalue weighted by Gasteiger charge is -2.38. The van der Waals surface area contributed by atoms with Crippen LogP contribution in [0.5, 0.6) is 0 Å². The van der Waals surface area contributed by atoms with Crippen LogP contribution >= 0.6 is 0 Å². The van der Waals surface area contributed by atoms with E-state index in [0.29, 0.717) is 18.5 Å². The van der Waals surface area contributed by atoms with E-state index < -0.39 is 17.4 Å². The largest absolute Gasteiger partial charge is 0.297 e. The Labute approximate surface area is 190 Å². The second-order valence-corrected chi connectivity index (χ2v) is 9.24. The van der Waals surface area contributed by atoms with Gasteiger partial charge in [0.05, 0.1) is 18.0 Å². The number of benzene rings is 2. The molecule has 32 heavy (non-hydrogen) atoms. The van der Waals surface area contributed by atoms with Gasteiger partial charge in [0.1, 0.15) is 0 Å². The number of carbonyl (C=O) groups is 3. The van der Waals surface area contributed by atoms with Crippen LogP contribution in [0.4, 0.5) is 0 Å². The minimum Gasteiger partial charge on any atom is -0.297 e. The average Bonchev–Trinajstić information content (AvgIpc) is 3.28. The van der Waals surface area contributed by atoms with Gasteiger partial charge >= 0.3 is 0 Å². The van der Waals surface area contributed by atoms with Gasteiger partial charge in [-0.2, -0.15) is 0 Å². The third-order valence-electron chi connectivity index (χ3n) is 7.13. The van der Waals surface area contributed by atoms with Gasteiger partial charge in [-0.15, -0.1) is 0 Å². The number of aryl methyl sites for hydroxylation is 1. The number of amides is 2. The van der Waals surface area contributed by atoms with Gasteiger partial charge in [-0.1, -0.05) is 67.3 Å². The molecule has 5 heteroatoms. The van der Waals surface area contributed by atoms with Crippen LogP contribution in [0.3, 0.4) is 0 Å². The van der Waals surface area contributed by atoms with Crippen molar-refractivity contribution in [2.24, 2.45) is 0 Å². The molecule has 5 nitrogen and oxygen atoms in total. The molecule has 168 valence electrons. The molecule has 1 saturated heterocycles. The normalized spacial score (nSPS) is 20.6. The van der Waals surface area contributed by atoms with E-state index >= 15 is 0 Å². The van der Waals surface area contributed by atoms with Crippen molar-refractivity contribution >= 4 is 17.6 Å². The van der Waals surface area contributed by atoms with Gasteiger partial charge in [-0.3, -0.25) is 24.6 Å². The summed E-state index contributed by atoms with van der Waals surface area (Å²) in [6.07, 6.45) is 6.51. The van der Waals surface area contributed by atoms with E-state index in [1.807, 2.05) is 11.0 Å². The predicted molar refractivity (Wildman–Crippen MR) is 124 cm³/mol. The van der Waals surface area contributed by atoms with Crippen LogP contribution in [0, 0.1) is 6.92 Å². The SMILES string of the molecule is Cc1ccc(C2(C(=O)CN3CCC[C@@H]3C(=O)NC(=O)c3ccccc3)CCCCC2)cc1. The number of ketones is 1. The maximum atomic E-state index is 13.7. The minimum atomic E-state index is -0.463. The molecular formula is C27H32N2O3. The molecule has 1 saturated carbocycles. The second kappa shape index (κ2) is 9.78. The molecule has 2 fully saturated rings. The van der Waals surface area contributed by atoms with Crippen molar-refractivity contribution in [2.45, 2.75) is 63.3 Å². The van der Waals surface area contributed by atoms with Crippen molar-refractivity contribution in [1.82, 2.24) is 10.2 Å². The fourth-order valence-corrected chi connectivity index (χ4v) is 5.26. The molecule has 2 aromatic rings. The van der Waals surface area contributed by atoms with Crippen LogP contribution in [0.1, 0.15) is 66.4 Å². The van der Waals surface area contributed by atoms with Crippen molar-refractivity contribution < 1.29 is 14.4 Å². The molecule has 2 aliphatic rings. The van der Waals surface area contributed by atoms with Crippen molar-refractivity contribution in [1.29, 1.82) is 0 Å². The standard InChI is InChI=1S/C27H32N2O3/c1-20-12-14-22(15-13-20)27(16-6-3-7-17-27)24(30)19-29-18-8-11-23(29)26(32)28-25(31)21-9-4-2-5-10-21/h2,4-5,9-10,12-15,23H,3,6-8,11,16-19H2,1H3,(H,28,31,32)/t23-/m1/s1. The van der Waals surface area contributed by atoms with E-state index in [9.17, 15) is 14.4 Å². The summed E-state index contributed by atoms with van der Waals surface area (Å²) in [7, 11) is 0. The number of likely N-dealkylation sites (tertiary alicyclic amines) is 1. The summed E-state index contributed by atoms with van der Waals surface area (Å²) < 4.78 is 0. The fraction of sp³-hybridized carbons (Fsp3) is 0.444. The van der Waals surface area contributed by atoms with Crippen LogP contribution in [-0.4, -0.2) is 41.6 Å². The molecule has 0 unspecified atom stereocenters. The van der Waals surface area contributed by atoms with Gasteiger partial charge in [-0.05, 0) is 56.8 Å². The highest BCUT2D eigenvalue weighted by atomic mass is 16.2. The summed E-state index contributed by atoms with van der Waals surface area (Å²) in [5.74, 6) is -0.496. The van der Waals surface area contributed by atoms with Crippen molar-refractivity contribution in [3.63, 3.8) is 0 Å². The summed E-state index contributed by atoms with van der Waals surface area (Å²) in [6, 6.07) is 16.7. The number of hydrogen-bond acceptors (Lipinski definition) is 4. The van der Waals surface area contributed by atoms with Crippen LogP contribution in [0.15, 0.2) is 54.6 Å². The van der Waals surface area contributed by atoms with Gasteiger partial charge < -0.3 is 0 Å². The number of nitrogens with zero attached hydrogens (tertiary/aromatic N) is 1. The molecule has 2 aromatic carbocycles. The average molecular weight is 433 g/mol. The van der Waals surface area contributed by atoms with E-state index in [1.165, 1.54) is 5.56 Å². The summed E-state index contributed by atoms with van der Waals surface area (Å²) in [5.41, 5.74) is 2.29. The zero-order valence-corrected chi connectivity index (χ0v) is 18.8. The number of imide groups is 1. The van der Waals surface area contributed by atoms with Crippen molar-refractivity contribution in [3.8, 4) is 0 Å². The van der Waals surface area contributed by atoms with E-state index in [0.717, 1.165) is 44.1 Å². The molecule has 1 atom stereocenters. The Bertz CT molecular complexity index is 962. The lowest BCUT2D eigenvalue weighted by Crippen LogP contribution is -2.50. The van der Waals surface area contributed by atoms with E-state index in [4.69, 9.17) is 0 Å². The zero-order chi connectivity index (χ0) is 22.6. The first kappa shape index (κ1) is 22.4. The third-order valence-corrected chi connectivity index (χ3v) is 7.13. The molecule has 1 aliphatic carbocycles. The van der Waals surface area contributed by atoms with Gasteiger partial charge in [0.2, 0.25) is 5.91 Å². The van der Waals surface area contributed by atoms with Gasteiger partial charge in [0, 0.05) is 5.56 Å². The monoisotopic (exact) mass is 432 g/mol. The first-order valence-corrected chi connectivity index (χ1v) is 11.7. The van der Waals surface area contributed by atoms with E-state index in [2.05, 4.69) is 36.5 Å². The van der Waals surface area contributed by atoms with Gasteiger partial charge in [-0.25, -0.2) is 0 Å². The maximum Gasteiger partial charge on any atom is 0.257 e. The molecule has 0 aromatic heterocycles. The quantitative estimate of drug-likeness (QED) is 0.695. The minimum absolute atomic E-state index is 0.204. The van der Waals surface area contributed by atoms with Gasteiger partial charge in [0.25, 0.3) is 5.91 Å². The van der Waals surface area contributed by atoms with E-state index in [1.54, 1.807) is 24.3 Å². The number of carbonyl (C=O) groups excluding carboxylic acids is 3. The lowest BCUT2D eigenvalue weighted by atomic mass is 9.66. The van der Waals surface area contributed by atoms with E-state index in [-0.39, 0.29) is 18.2 Å². The Hall–Kier alpha value is -2.79. The highest BCUT2D eigenvalue weighted by Gasteiger charge is 2.43. The molecule has 1 N–H and O–H groups in total. The number of nitrogens with one attached hydrogen (secondary N) is 1. The Balaban J connectivity index is 1.47. The maximum absolute atomic E-state index is 13.7. The Morgan fingerprint density at radius 1 is 0.938 bits per heavy atom. The summed E-state index contributed by atoms with van der Waals surface area (Å²) in [4.78, 5) is 41.0. The van der Waals surface area contributed by atoms with Crippen molar-refractivity contribution in [3.05, 3.63) is 71.3 Å². The fourth-order valence-electron chi connectivity index (χ4n) is 5.26. The van der Waals surface area contributed by atoms with Crippen LogP contribution < -0.4 is 5.32 Å². The highest BCUT2D eigenvalue weighted by Crippen LogP contribution is 2.41. The smallest absolute Gasteiger partial charge is 0.257 e. The number of Topliss-reactive ketones (excluding diaryl/α,β-unsaturated/α-hetero) is 1. The molecule has 0 radical (unpaired) electrons. The summed E-state index contributed by atoms with van der Waals surface area (Å²) >= 11 is 0. The summed E-state index contributed by atoms with van der Waals surface area (Å²) in [5, 5.41) is 2.54. The summed E-state index contributed by atoms with van der Waals surface area (Å²) in [6.45, 7) is 3.02. The molecule has 2 amide bonds. The molecule has 4 rings (SSSR count). The van der Waals surface area contributed by atoms with Crippen LogP contribution in [-0.2, 0) is 15.0 Å². The van der Waals surface area contributed by atoms with Crippen LogP contribution in [0.2, 0.25) is 0 Å². The first-order chi connectivity index (χ1) is 15.5. The third kappa shape index (κ3) is 4.68. The second-order valence-electron chi connectivity index (χ2n) is 9.24. The highest BCUT2D eigenvalue weighted by molar-refractivity contribution is 6.06. The number of rotatable bonds is 6. The topological polar surface area (TPSA) is 66.5 Å². The Morgan fingerprint density at radius 2 is 1.62 bits per heavy atom. The number of hydrogen-bond donors (Lipinski definition) is 1. The molecule has 1 aliphatic heterocycles. The first-order valence-electron chi connectivity index (χ1n) is 11.7. The Morgan fingerprint density at radius 3 is 2.31 bits per heavy atom. The molecule has 1 heterocycles.